The molecular formula is C11H11F3N4O2. The van der Waals surface area contributed by atoms with Crippen molar-refractivity contribution in [1.82, 2.24) is 20.4 Å². The molecule has 2 aromatic rings. The van der Waals surface area contributed by atoms with Gasteiger partial charge in [0.05, 0.1) is 11.6 Å². The monoisotopic (exact) mass is 288 g/mol. The van der Waals surface area contributed by atoms with Crippen LogP contribution in [0.25, 0.3) is 0 Å². The van der Waals surface area contributed by atoms with Gasteiger partial charge < -0.3 is 14.8 Å². The van der Waals surface area contributed by atoms with E-state index in [4.69, 9.17) is 0 Å². The summed E-state index contributed by atoms with van der Waals surface area (Å²) >= 11 is 0. The third-order valence-corrected chi connectivity index (χ3v) is 2.62. The minimum Gasteiger partial charge on any atom is -0.367 e. The molecule has 0 radical (unpaired) electrons. The van der Waals surface area contributed by atoms with E-state index in [-0.39, 0.29) is 5.82 Å². The van der Waals surface area contributed by atoms with Crippen molar-refractivity contribution in [1.29, 1.82) is 0 Å². The summed E-state index contributed by atoms with van der Waals surface area (Å²) in [4.78, 5) is 17.8. The Hall–Kier alpha value is -2.32. The molecule has 2 aromatic heterocycles. The maximum Gasteiger partial charge on any atom is 0.471 e. The van der Waals surface area contributed by atoms with Gasteiger partial charge in [-0.25, -0.2) is 0 Å². The molecule has 2 heterocycles. The Morgan fingerprint density at radius 3 is 2.65 bits per heavy atom. The molecule has 2 N–H and O–H groups in total. The number of nitrogens with one attached hydrogen (secondary N) is 2. The fourth-order valence-electron chi connectivity index (χ4n) is 1.55. The Morgan fingerprint density at radius 2 is 2.15 bits per heavy atom. The third kappa shape index (κ3) is 2.81. The number of nitrogens with zero attached hydrogens (tertiary/aromatic N) is 2. The van der Waals surface area contributed by atoms with Crippen molar-refractivity contribution in [3.05, 3.63) is 35.2 Å². The minimum absolute atomic E-state index is 0.237. The number of rotatable bonds is 3. The summed E-state index contributed by atoms with van der Waals surface area (Å²) in [7, 11) is 0. The van der Waals surface area contributed by atoms with Gasteiger partial charge in [0.25, 0.3) is 5.91 Å². The van der Waals surface area contributed by atoms with Gasteiger partial charge in [-0.05, 0) is 19.4 Å². The molecule has 108 valence electrons. The molecular weight excluding hydrogens is 277 g/mol. The maximum absolute atomic E-state index is 12.3. The standard InChI is InChI=1S/C11H11F3N4O2/c1-5-3-15-4-7(5)9(19)16-6(2)8-17-10(20-18-8)11(12,13)14/h3-4,6,15H,1-2H3,(H,16,19). The van der Waals surface area contributed by atoms with Gasteiger partial charge in [-0.1, -0.05) is 5.16 Å². The van der Waals surface area contributed by atoms with Crippen molar-refractivity contribution in [2.45, 2.75) is 26.1 Å². The van der Waals surface area contributed by atoms with Crippen LogP contribution in [-0.2, 0) is 6.18 Å². The summed E-state index contributed by atoms with van der Waals surface area (Å²) in [5.74, 6) is -2.11. The number of hydrogen-bond acceptors (Lipinski definition) is 4. The second-order valence-electron chi connectivity index (χ2n) is 4.20. The number of carbonyl (C=O) groups excluding carboxylic acids is 1. The van der Waals surface area contributed by atoms with E-state index in [1.807, 2.05) is 0 Å². The molecule has 1 atom stereocenters. The molecule has 0 bridgehead atoms. The summed E-state index contributed by atoms with van der Waals surface area (Å²) < 4.78 is 41.0. The normalized spacial score (nSPS) is 13.2. The Bertz CT molecular complexity index is 617. The molecule has 0 saturated heterocycles. The predicted octanol–water partition coefficient (Wildman–Crippen LogP) is 2.22. The van der Waals surface area contributed by atoms with Crippen LogP contribution in [0.5, 0.6) is 0 Å². The van der Waals surface area contributed by atoms with Crippen LogP contribution >= 0.6 is 0 Å². The quantitative estimate of drug-likeness (QED) is 0.907. The zero-order chi connectivity index (χ0) is 14.9. The van der Waals surface area contributed by atoms with Crippen LogP contribution < -0.4 is 5.32 Å². The first-order valence-corrected chi connectivity index (χ1v) is 5.64. The van der Waals surface area contributed by atoms with Crippen LogP contribution in [-0.4, -0.2) is 21.0 Å². The number of carbonyl (C=O) groups is 1. The summed E-state index contributed by atoms with van der Waals surface area (Å²) in [6.45, 7) is 3.19. The highest BCUT2D eigenvalue weighted by Gasteiger charge is 2.39. The number of alkyl halides is 3. The fraction of sp³-hybridized carbons (Fsp3) is 0.364. The molecule has 9 heteroatoms. The molecule has 1 unspecified atom stereocenters. The Labute approximate surface area is 111 Å². The number of amides is 1. The summed E-state index contributed by atoms with van der Waals surface area (Å²) in [5, 5.41) is 5.70. The number of aryl methyl sites for hydroxylation is 1. The lowest BCUT2D eigenvalue weighted by atomic mass is 10.2. The SMILES string of the molecule is Cc1c[nH]cc1C(=O)NC(C)c1noc(C(F)(F)F)n1. The summed E-state index contributed by atoms with van der Waals surface area (Å²) in [5.41, 5.74) is 1.12. The smallest absolute Gasteiger partial charge is 0.367 e. The van der Waals surface area contributed by atoms with E-state index in [2.05, 4.69) is 25.0 Å². The number of aromatic nitrogens is 3. The van der Waals surface area contributed by atoms with Crippen molar-refractivity contribution >= 4 is 5.91 Å². The second kappa shape index (κ2) is 4.99. The maximum atomic E-state index is 12.3. The Kier molecular flexibility index (Phi) is 3.51. The average Bonchev–Trinajstić information content (AvgIpc) is 2.95. The lowest BCUT2D eigenvalue weighted by Crippen LogP contribution is -2.27. The van der Waals surface area contributed by atoms with Crippen LogP contribution in [0.4, 0.5) is 13.2 Å². The van der Waals surface area contributed by atoms with Gasteiger partial charge in [-0.2, -0.15) is 18.2 Å². The van der Waals surface area contributed by atoms with E-state index in [0.717, 1.165) is 5.56 Å². The predicted molar refractivity (Wildman–Crippen MR) is 60.7 cm³/mol. The van der Waals surface area contributed by atoms with E-state index in [0.29, 0.717) is 5.56 Å². The zero-order valence-corrected chi connectivity index (χ0v) is 10.6. The highest BCUT2D eigenvalue weighted by molar-refractivity contribution is 5.95. The lowest BCUT2D eigenvalue weighted by Gasteiger charge is -2.09. The van der Waals surface area contributed by atoms with Crippen LogP contribution in [0.15, 0.2) is 16.9 Å². The van der Waals surface area contributed by atoms with E-state index >= 15 is 0 Å². The van der Waals surface area contributed by atoms with Crippen LogP contribution in [0.2, 0.25) is 0 Å². The topological polar surface area (TPSA) is 83.8 Å². The first kappa shape index (κ1) is 14.1. The van der Waals surface area contributed by atoms with Crippen molar-refractivity contribution in [3.63, 3.8) is 0 Å². The Morgan fingerprint density at radius 1 is 1.45 bits per heavy atom. The van der Waals surface area contributed by atoms with Gasteiger partial charge in [0.2, 0.25) is 0 Å². The average molecular weight is 288 g/mol. The van der Waals surface area contributed by atoms with Crippen molar-refractivity contribution in [3.8, 4) is 0 Å². The summed E-state index contributed by atoms with van der Waals surface area (Å²) in [6.07, 6.45) is -1.57. The number of hydrogen-bond donors (Lipinski definition) is 2. The van der Waals surface area contributed by atoms with Gasteiger partial charge in [0, 0.05) is 12.4 Å². The van der Waals surface area contributed by atoms with Gasteiger partial charge in [0.15, 0.2) is 5.82 Å². The highest BCUT2D eigenvalue weighted by Crippen LogP contribution is 2.28. The minimum atomic E-state index is -4.70. The third-order valence-electron chi connectivity index (χ3n) is 2.62. The number of aromatic amines is 1. The first-order valence-electron chi connectivity index (χ1n) is 5.64. The Balaban J connectivity index is 2.09. The number of halogens is 3. The largest absolute Gasteiger partial charge is 0.471 e. The van der Waals surface area contributed by atoms with Crippen molar-refractivity contribution < 1.29 is 22.5 Å². The lowest BCUT2D eigenvalue weighted by molar-refractivity contribution is -0.159. The molecule has 0 aliphatic carbocycles. The molecule has 0 saturated carbocycles. The van der Waals surface area contributed by atoms with Crippen molar-refractivity contribution in [2.75, 3.05) is 0 Å². The number of H-pyrrole nitrogens is 1. The highest BCUT2D eigenvalue weighted by atomic mass is 19.4. The van der Waals surface area contributed by atoms with E-state index in [1.165, 1.54) is 13.1 Å². The van der Waals surface area contributed by atoms with Gasteiger partial charge >= 0.3 is 12.1 Å². The molecule has 1 amide bonds. The molecule has 0 aliphatic rings. The molecule has 0 spiro atoms. The second-order valence-corrected chi connectivity index (χ2v) is 4.20. The van der Waals surface area contributed by atoms with Crippen LogP contribution in [0.1, 0.15) is 40.6 Å². The molecule has 0 aliphatic heterocycles. The van der Waals surface area contributed by atoms with Gasteiger partial charge in [-0.3, -0.25) is 4.79 Å². The molecule has 0 aromatic carbocycles. The first-order chi connectivity index (χ1) is 9.29. The summed E-state index contributed by atoms with van der Waals surface area (Å²) in [6, 6.07) is -0.809. The van der Waals surface area contributed by atoms with Crippen LogP contribution in [0, 0.1) is 6.92 Å². The van der Waals surface area contributed by atoms with Crippen LogP contribution in [0.3, 0.4) is 0 Å². The van der Waals surface area contributed by atoms with E-state index in [1.54, 1.807) is 13.1 Å². The van der Waals surface area contributed by atoms with Gasteiger partial charge in [-0.15, -0.1) is 0 Å². The molecule has 6 nitrogen and oxygen atoms in total. The van der Waals surface area contributed by atoms with Gasteiger partial charge in [0.1, 0.15) is 0 Å². The molecule has 20 heavy (non-hydrogen) atoms. The molecule has 2 rings (SSSR count). The zero-order valence-electron chi connectivity index (χ0n) is 10.6. The molecule has 0 fully saturated rings. The van der Waals surface area contributed by atoms with E-state index < -0.39 is 24.0 Å². The van der Waals surface area contributed by atoms with E-state index in [9.17, 15) is 18.0 Å². The fourth-order valence-corrected chi connectivity index (χ4v) is 1.55. The van der Waals surface area contributed by atoms with Crippen molar-refractivity contribution in [2.24, 2.45) is 0 Å².